The Morgan fingerprint density at radius 2 is 2.22 bits per heavy atom. The van der Waals surface area contributed by atoms with Gasteiger partial charge < -0.3 is 10.4 Å². The molecule has 3 rings (SSSR count). The Morgan fingerprint density at radius 1 is 1.50 bits per heavy atom. The number of H-pyrrole nitrogens is 1. The van der Waals surface area contributed by atoms with Crippen LogP contribution in [0, 0.1) is 5.92 Å². The second-order valence-corrected chi connectivity index (χ2v) is 5.52. The first-order valence-electron chi connectivity index (χ1n) is 6.49. The minimum Gasteiger partial charge on any atom is -0.380 e. The fourth-order valence-electron chi connectivity index (χ4n) is 2.09. The van der Waals surface area contributed by atoms with Gasteiger partial charge in [-0.1, -0.05) is 0 Å². The molecule has 1 heterocycles. The van der Waals surface area contributed by atoms with Crippen molar-refractivity contribution in [1.82, 2.24) is 20.5 Å². The van der Waals surface area contributed by atoms with Crippen LogP contribution in [0.1, 0.15) is 50.2 Å². The van der Waals surface area contributed by atoms with Crippen LogP contribution in [0.3, 0.4) is 0 Å². The zero-order valence-corrected chi connectivity index (χ0v) is 10.4. The molecular formula is C12H18N4O2. The molecule has 1 amide bonds. The summed E-state index contributed by atoms with van der Waals surface area (Å²) in [4.78, 5) is 16.2. The van der Waals surface area contributed by atoms with Crippen LogP contribution in [-0.2, 0) is 11.3 Å². The molecule has 0 aliphatic heterocycles. The smallest absolute Gasteiger partial charge is 0.252 e. The van der Waals surface area contributed by atoms with Gasteiger partial charge in [-0.3, -0.25) is 9.89 Å². The molecule has 1 aromatic rings. The Kier molecular flexibility index (Phi) is 2.62. The minimum absolute atomic E-state index is 0.106. The van der Waals surface area contributed by atoms with Crippen molar-refractivity contribution in [2.24, 2.45) is 5.92 Å². The fourth-order valence-corrected chi connectivity index (χ4v) is 2.09. The van der Waals surface area contributed by atoms with Crippen molar-refractivity contribution in [3.05, 3.63) is 11.6 Å². The number of aromatic nitrogens is 3. The second-order valence-electron chi connectivity index (χ2n) is 5.52. The van der Waals surface area contributed by atoms with E-state index >= 15 is 0 Å². The van der Waals surface area contributed by atoms with Crippen molar-refractivity contribution in [1.29, 1.82) is 0 Å². The van der Waals surface area contributed by atoms with Gasteiger partial charge in [0.05, 0.1) is 6.54 Å². The molecule has 0 saturated heterocycles. The molecule has 6 heteroatoms. The maximum Gasteiger partial charge on any atom is 0.252 e. The van der Waals surface area contributed by atoms with Gasteiger partial charge in [-0.15, -0.1) is 0 Å². The summed E-state index contributed by atoms with van der Waals surface area (Å²) in [5.41, 5.74) is -1.25. The first-order valence-corrected chi connectivity index (χ1v) is 6.49. The summed E-state index contributed by atoms with van der Waals surface area (Å²) in [6.07, 6.45) is 4.16. The molecule has 1 unspecified atom stereocenters. The summed E-state index contributed by atoms with van der Waals surface area (Å²) in [7, 11) is 0. The molecule has 2 aliphatic rings. The summed E-state index contributed by atoms with van der Waals surface area (Å²) in [6, 6.07) is 0. The number of amides is 1. The highest BCUT2D eigenvalue weighted by Crippen LogP contribution is 2.39. The summed E-state index contributed by atoms with van der Waals surface area (Å²) >= 11 is 0. The topological polar surface area (TPSA) is 90.9 Å². The van der Waals surface area contributed by atoms with E-state index in [1.165, 1.54) is 0 Å². The number of hydrogen-bond donors (Lipinski definition) is 3. The lowest BCUT2D eigenvalue weighted by Gasteiger charge is -2.21. The molecule has 1 aromatic heterocycles. The highest BCUT2D eigenvalue weighted by atomic mass is 16.3. The maximum absolute atomic E-state index is 11.8. The number of nitrogens with one attached hydrogen (secondary N) is 2. The average molecular weight is 250 g/mol. The monoisotopic (exact) mass is 250 g/mol. The van der Waals surface area contributed by atoms with Crippen molar-refractivity contribution >= 4 is 5.91 Å². The van der Waals surface area contributed by atoms with Crippen LogP contribution in [0.4, 0.5) is 0 Å². The molecule has 0 bridgehead atoms. The summed E-state index contributed by atoms with van der Waals surface area (Å²) in [5, 5.41) is 19.7. The van der Waals surface area contributed by atoms with Gasteiger partial charge in [0.2, 0.25) is 0 Å². The van der Waals surface area contributed by atoms with E-state index in [0.717, 1.165) is 31.5 Å². The van der Waals surface area contributed by atoms with Crippen molar-refractivity contribution in [3.8, 4) is 0 Å². The lowest BCUT2D eigenvalue weighted by atomic mass is 10.00. The number of carbonyl (C=O) groups is 1. The Hall–Kier alpha value is -1.43. The molecule has 6 nitrogen and oxygen atoms in total. The van der Waals surface area contributed by atoms with E-state index in [2.05, 4.69) is 20.5 Å². The molecule has 0 aromatic carbocycles. The third-order valence-electron chi connectivity index (χ3n) is 3.74. The molecule has 0 spiro atoms. The predicted molar refractivity (Wildman–Crippen MR) is 63.6 cm³/mol. The Labute approximate surface area is 105 Å². The summed E-state index contributed by atoms with van der Waals surface area (Å²) in [5.74, 6) is 1.77. The lowest BCUT2D eigenvalue weighted by molar-refractivity contribution is -0.140. The Balaban J connectivity index is 1.54. The molecule has 2 saturated carbocycles. The van der Waals surface area contributed by atoms with Crippen LogP contribution in [0.5, 0.6) is 0 Å². The van der Waals surface area contributed by atoms with E-state index in [4.69, 9.17) is 0 Å². The predicted octanol–water partition coefficient (Wildman–Crippen LogP) is 0.459. The highest BCUT2D eigenvalue weighted by Gasteiger charge is 2.45. The number of aliphatic hydroxyl groups is 1. The first kappa shape index (κ1) is 11.6. The van der Waals surface area contributed by atoms with Crippen molar-refractivity contribution in [2.75, 3.05) is 0 Å². The van der Waals surface area contributed by atoms with Crippen LogP contribution in [0.2, 0.25) is 0 Å². The molecule has 2 aliphatic carbocycles. The SMILES string of the molecule is CC(O)(C(=O)NCc1nc(C2CC2)n[nH]1)C1CC1. The van der Waals surface area contributed by atoms with Crippen LogP contribution >= 0.6 is 0 Å². The normalized spacial score (nSPS) is 22.6. The maximum atomic E-state index is 11.8. The van der Waals surface area contributed by atoms with E-state index in [1.807, 2.05) is 0 Å². The first-order chi connectivity index (χ1) is 8.57. The van der Waals surface area contributed by atoms with E-state index in [-0.39, 0.29) is 11.8 Å². The molecule has 1 atom stereocenters. The van der Waals surface area contributed by atoms with Crippen LogP contribution in [0.25, 0.3) is 0 Å². The van der Waals surface area contributed by atoms with Gasteiger partial charge in [0.15, 0.2) is 5.82 Å². The second kappa shape index (κ2) is 4.05. The van der Waals surface area contributed by atoms with Crippen LogP contribution in [0.15, 0.2) is 0 Å². The molecule has 18 heavy (non-hydrogen) atoms. The minimum atomic E-state index is -1.25. The van der Waals surface area contributed by atoms with Gasteiger partial charge in [-0.25, -0.2) is 4.98 Å². The average Bonchev–Trinajstić information content (AvgIpc) is 3.22. The largest absolute Gasteiger partial charge is 0.380 e. The number of rotatable bonds is 5. The third kappa shape index (κ3) is 2.25. The van der Waals surface area contributed by atoms with Gasteiger partial charge in [0.25, 0.3) is 5.91 Å². The molecule has 98 valence electrons. The highest BCUT2D eigenvalue weighted by molar-refractivity contribution is 5.85. The van der Waals surface area contributed by atoms with Gasteiger partial charge in [-0.2, -0.15) is 5.10 Å². The summed E-state index contributed by atoms with van der Waals surface area (Å²) in [6.45, 7) is 1.87. The zero-order chi connectivity index (χ0) is 12.8. The van der Waals surface area contributed by atoms with Crippen molar-refractivity contribution in [3.63, 3.8) is 0 Å². The van der Waals surface area contributed by atoms with Crippen LogP contribution in [-0.4, -0.2) is 31.8 Å². The summed E-state index contributed by atoms with van der Waals surface area (Å²) < 4.78 is 0. The van der Waals surface area contributed by atoms with Crippen LogP contribution < -0.4 is 5.32 Å². The number of carbonyl (C=O) groups excluding carboxylic acids is 1. The molecule has 2 fully saturated rings. The van der Waals surface area contributed by atoms with Gasteiger partial charge in [-0.05, 0) is 38.5 Å². The third-order valence-corrected chi connectivity index (χ3v) is 3.74. The molecule has 0 radical (unpaired) electrons. The number of hydrogen-bond acceptors (Lipinski definition) is 4. The van der Waals surface area contributed by atoms with Gasteiger partial charge in [0.1, 0.15) is 11.4 Å². The molecule has 3 N–H and O–H groups in total. The quantitative estimate of drug-likeness (QED) is 0.708. The Morgan fingerprint density at radius 3 is 2.83 bits per heavy atom. The molecular weight excluding hydrogens is 232 g/mol. The standard InChI is InChI=1S/C12H18N4O2/c1-12(18,8-4-5-8)11(17)13-6-9-14-10(16-15-9)7-2-3-7/h7-8,18H,2-6H2,1H3,(H,13,17)(H,14,15,16). The van der Waals surface area contributed by atoms with E-state index in [0.29, 0.717) is 18.3 Å². The van der Waals surface area contributed by atoms with Gasteiger partial charge in [0, 0.05) is 5.92 Å². The number of nitrogens with zero attached hydrogens (tertiary/aromatic N) is 2. The fraction of sp³-hybridized carbons (Fsp3) is 0.750. The van der Waals surface area contributed by atoms with Gasteiger partial charge >= 0.3 is 0 Å². The van der Waals surface area contributed by atoms with E-state index in [1.54, 1.807) is 6.92 Å². The van der Waals surface area contributed by atoms with E-state index < -0.39 is 5.60 Å². The van der Waals surface area contributed by atoms with E-state index in [9.17, 15) is 9.90 Å². The van der Waals surface area contributed by atoms with Crippen molar-refractivity contribution < 1.29 is 9.90 Å². The zero-order valence-electron chi connectivity index (χ0n) is 10.4. The lowest BCUT2D eigenvalue weighted by Crippen LogP contribution is -2.46. The Bertz CT molecular complexity index is 460. The van der Waals surface area contributed by atoms with Crippen molar-refractivity contribution in [2.45, 2.75) is 50.7 Å². The number of aromatic amines is 1.